The molecule has 4 rings (SSSR count). The van der Waals surface area contributed by atoms with Crippen LogP contribution in [0.5, 0.6) is 0 Å². The summed E-state index contributed by atoms with van der Waals surface area (Å²) in [6.07, 6.45) is 3.08. The van der Waals surface area contributed by atoms with Gasteiger partial charge in [0.05, 0.1) is 21.8 Å². The van der Waals surface area contributed by atoms with E-state index in [1.165, 1.54) is 6.08 Å². The van der Waals surface area contributed by atoms with Crippen LogP contribution in [0.1, 0.15) is 71.3 Å². The third-order valence-corrected chi connectivity index (χ3v) is 7.29. The van der Waals surface area contributed by atoms with Gasteiger partial charge in [-0.3, -0.25) is 9.78 Å². The van der Waals surface area contributed by atoms with E-state index < -0.39 is 5.69 Å². The van der Waals surface area contributed by atoms with Gasteiger partial charge in [0.2, 0.25) is 5.91 Å². The zero-order chi connectivity index (χ0) is 29.5. The van der Waals surface area contributed by atoms with Crippen molar-refractivity contribution in [2.45, 2.75) is 73.4 Å². The summed E-state index contributed by atoms with van der Waals surface area (Å²) < 4.78 is 1.54. The van der Waals surface area contributed by atoms with Crippen LogP contribution in [0, 0.1) is 24.2 Å². The number of amides is 1. The minimum absolute atomic E-state index is 0.0559. The minimum atomic E-state index is -0.463. The van der Waals surface area contributed by atoms with Gasteiger partial charge in [-0.15, -0.1) is 0 Å². The molecule has 0 radical (unpaired) electrons. The zero-order valence-corrected chi connectivity index (χ0v) is 25.3. The maximum atomic E-state index is 14.0. The summed E-state index contributed by atoms with van der Waals surface area (Å²) in [5.74, 6) is 6.75. The van der Waals surface area contributed by atoms with Crippen molar-refractivity contribution in [3.05, 3.63) is 63.4 Å². The van der Waals surface area contributed by atoms with Crippen molar-refractivity contribution in [3.63, 3.8) is 0 Å². The van der Waals surface area contributed by atoms with Gasteiger partial charge in [-0.1, -0.05) is 37.9 Å². The maximum Gasteiger partial charge on any atom is 0.355 e. The Kier molecular flexibility index (Phi) is 8.09. The number of rotatable bonds is 4. The van der Waals surface area contributed by atoms with E-state index >= 15 is 0 Å². The van der Waals surface area contributed by atoms with Gasteiger partial charge in [0.25, 0.3) is 0 Å². The standard InChI is InChI=1S/C31H37ClN6O2/c1-10-25(39)36-16-21(6)37(17-20(36)5)28-22-15-23(32)24(11-13-31(7,8)9)34-29(22)38(30(40)35-28)27-19(4)12-14-33-26(27)18(2)3/h10,12,14-15,18,20-21H,1,16-17H2,2-9H3. The van der Waals surface area contributed by atoms with Crippen LogP contribution in [0.3, 0.4) is 0 Å². The van der Waals surface area contributed by atoms with Crippen LogP contribution < -0.4 is 10.6 Å². The first kappa shape index (κ1) is 29.3. The molecule has 1 aliphatic rings. The summed E-state index contributed by atoms with van der Waals surface area (Å²) >= 11 is 6.77. The smallest absolute Gasteiger partial charge is 0.349 e. The van der Waals surface area contributed by atoms with E-state index in [2.05, 4.69) is 33.3 Å². The predicted octanol–water partition coefficient (Wildman–Crippen LogP) is 5.27. The summed E-state index contributed by atoms with van der Waals surface area (Å²) in [5.41, 5.74) is 2.41. The Hall–Kier alpha value is -3.70. The highest BCUT2D eigenvalue weighted by Crippen LogP contribution is 2.33. The largest absolute Gasteiger partial charge is 0.355 e. The van der Waals surface area contributed by atoms with Gasteiger partial charge in [0.1, 0.15) is 11.5 Å². The average molecular weight is 561 g/mol. The molecule has 1 amide bonds. The molecule has 210 valence electrons. The number of carbonyl (C=O) groups excluding carboxylic acids is 1. The second-order valence-electron chi connectivity index (χ2n) is 11.8. The molecule has 0 N–H and O–H groups in total. The van der Waals surface area contributed by atoms with Crippen LogP contribution in [0.2, 0.25) is 5.02 Å². The molecule has 0 saturated carbocycles. The lowest BCUT2D eigenvalue weighted by Gasteiger charge is -2.44. The van der Waals surface area contributed by atoms with Gasteiger partial charge in [0, 0.05) is 36.8 Å². The molecule has 4 heterocycles. The Bertz CT molecular complexity index is 1610. The summed E-state index contributed by atoms with van der Waals surface area (Å²) in [5, 5.41) is 1.01. The van der Waals surface area contributed by atoms with Gasteiger partial charge >= 0.3 is 5.69 Å². The Morgan fingerprint density at radius 1 is 1.20 bits per heavy atom. The van der Waals surface area contributed by atoms with Crippen LogP contribution in [-0.4, -0.2) is 55.5 Å². The van der Waals surface area contributed by atoms with Crippen molar-refractivity contribution in [2.75, 3.05) is 18.0 Å². The third-order valence-electron chi connectivity index (χ3n) is 7.00. The average Bonchev–Trinajstić information content (AvgIpc) is 2.88. The molecule has 8 nitrogen and oxygen atoms in total. The summed E-state index contributed by atoms with van der Waals surface area (Å²) in [4.78, 5) is 44.4. The van der Waals surface area contributed by atoms with Crippen molar-refractivity contribution in [2.24, 2.45) is 5.41 Å². The molecule has 3 aromatic heterocycles. The maximum absolute atomic E-state index is 14.0. The fourth-order valence-electron chi connectivity index (χ4n) is 4.99. The van der Waals surface area contributed by atoms with Crippen LogP contribution in [0.4, 0.5) is 5.82 Å². The number of pyridine rings is 2. The molecule has 40 heavy (non-hydrogen) atoms. The first-order chi connectivity index (χ1) is 18.7. The monoisotopic (exact) mass is 560 g/mol. The fourth-order valence-corrected chi connectivity index (χ4v) is 5.19. The van der Waals surface area contributed by atoms with E-state index in [-0.39, 0.29) is 29.3 Å². The van der Waals surface area contributed by atoms with Crippen LogP contribution in [-0.2, 0) is 4.79 Å². The number of fused-ring (bicyclic) bond motifs is 1. The quantitative estimate of drug-likeness (QED) is 0.319. The van der Waals surface area contributed by atoms with Gasteiger partial charge < -0.3 is 9.80 Å². The molecule has 9 heteroatoms. The second kappa shape index (κ2) is 11.1. The molecular weight excluding hydrogens is 524 g/mol. The molecule has 1 fully saturated rings. The normalized spacial score (nSPS) is 17.6. The highest BCUT2D eigenvalue weighted by Gasteiger charge is 2.34. The predicted molar refractivity (Wildman–Crippen MR) is 161 cm³/mol. The van der Waals surface area contributed by atoms with Crippen LogP contribution >= 0.6 is 11.6 Å². The molecule has 0 aliphatic carbocycles. The van der Waals surface area contributed by atoms with Gasteiger partial charge in [-0.2, -0.15) is 4.98 Å². The van der Waals surface area contributed by atoms with Crippen LogP contribution in [0.25, 0.3) is 16.7 Å². The Morgan fingerprint density at radius 2 is 1.90 bits per heavy atom. The number of aryl methyl sites for hydroxylation is 1. The van der Waals surface area contributed by atoms with Gasteiger partial charge in [-0.05, 0) is 77.2 Å². The molecule has 2 unspecified atom stereocenters. The first-order valence-electron chi connectivity index (χ1n) is 13.6. The highest BCUT2D eigenvalue weighted by molar-refractivity contribution is 6.32. The number of halogens is 1. The fraction of sp³-hybridized carbons (Fsp3) is 0.452. The molecule has 3 aromatic rings. The van der Waals surface area contributed by atoms with Crippen molar-refractivity contribution < 1.29 is 4.79 Å². The molecule has 0 aromatic carbocycles. The third kappa shape index (κ3) is 5.62. The lowest BCUT2D eigenvalue weighted by molar-refractivity contribution is -0.128. The van der Waals surface area contributed by atoms with Gasteiger partial charge in [-0.25, -0.2) is 14.3 Å². The van der Waals surface area contributed by atoms with E-state index in [4.69, 9.17) is 16.6 Å². The van der Waals surface area contributed by atoms with E-state index in [0.29, 0.717) is 46.3 Å². The lowest BCUT2D eigenvalue weighted by atomic mass is 9.98. The lowest BCUT2D eigenvalue weighted by Crippen LogP contribution is -2.58. The molecule has 0 bridgehead atoms. The SMILES string of the molecule is C=CC(=O)N1CC(C)N(c2nc(=O)n(-c3c(C)ccnc3C(C)C)c3nc(C#CC(C)(C)C)c(Cl)cc23)CC1C. The Balaban J connectivity index is 2.04. The zero-order valence-electron chi connectivity index (χ0n) is 24.5. The number of hydrogen-bond acceptors (Lipinski definition) is 6. The highest BCUT2D eigenvalue weighted by atomic mass is 35.5. The van der Waals surface area contributed by atoms with Crippen molar-refractivity contribution in [1.29, 1.82) is 0 Å². The Morgan fingerprint density at radius 3 is 2.52 bits per heavy atom. The number of aromatic nitrogens is 4. The number of piperazine rings is 1. The van der Waals surface area contributed by atoms with E-state index in [1.807, 2.05) is 61.5 Å². The van der Waals surface area contributed by atoms with Crippen molar-refractivity contribution in [1.82, 2.24) is 24.4 Å². The number of nitrogens with zero attached hydrogens (tertiary/aromatic N) is 6. The van der Waals surface area contributed by atoms with E-state index in [9.17, 15) is 9.59 Å². The molecule has 0 spiro atoms. The summed E-state index contributed by atoms with van der Waals surface area (Å²) in [6.45, 7) is 20.6. The second-order valence-corrected chi connectivity index (χ2v) is 12.2. The first-order valence-corrected chi connectivity index (χ1v) is 13.9. The summed E-state index contributed by atoms with van der Waals surface area (Å²) in [6, 6.07) is 3.45. The Labute approximate surface area is 241 Å². The molecule has 1 aliphatic heterocycles. The van der Waals surface area contributed by atoms with Crippen molar-refractivity contribution >= 4 is 34.4 Å². The molecule has 1 saturated heterocycles. The number of carbonyl (C=O) groups is 1. The minimum Gasteiger partial charge on any atom is -0.349 e. The molecular formula is C31H37ClN6O2. The van der Waals surface area contributed by atoms with Crippen molar-refractivity contribution in [3.8, 4) is 17.5 Å². The van der Waals surface area contributed by atoms with Gasteiger partial charge in [0.15, 0.2) is 5.65 Å². The number of hydrogen-bond donors (Lipinski definition) is 0. The number of anilines is 1. The van der Waals surface area contributed by atoms with Crippen LogP contribution in [0.15, 0.2) is 35.8 Å². The van der Waals surface area contributed by atoms with E-state index in [0.717, 1.165) is 11.3 Å². The van der Waals surface area contributed by atoms with E-state index in [1.54, 1.807) is 21.7 Å². The summed E-state index contributed by atoms with van der Waals surface area (Å²) in [7, 11) is 0. The topological polar surface area (TPSA) is 84.2 Å². The molecule has 2 atom stereocenters.